The van der Waals surface area contributed by atoms with E-state index in [9.17, 15) is 9.59 Å². The van der Waals surface area contributed by atoms with Crippen LogP contribution in [0.5, 0.6) is 0 Å². The number of hydrogen-bond donors (Lipinski definition) is 3. The molecule has 0 spiro atoms. The molecule has 2 aromatic rings. The van der Waals surface area contributed by atoms with Crippen molar-refractivity contribution in [2.75, 3.05) is 10.6 Å². The number of amides is 2. The highest BCUT2D eigenvalue weighted by Gasteiger charge is 2.10. The smallest absolute Gasteiger partial charge is 0.258 e. The van der Waals surface area contributed by atoms with Crippen LogP contribution in [0.15, 0.2) is 48.5 Å². The van der Waals surface area contributed by atoms with E-state index in [4.69, 9.17) is 12.2 Å². The van der Waals surface area contributed by atoms with Crippen LogP contribution in [-0.4, -0.2) is 16.9 Å². The lowest BCUT2D eigenvalue weighted by molar-refractivity contribution is -0.114. The van der Waals surface area contributed by atoms with E-state index in [0.29, 0.717) is 16.9 Å². The predicted molar refractivity (Wildman–Crippen MR) is 104 cm³/mol. The summed E-state index contributed by atoms with van der Waals surface area (Å²) >= 11 is 7.24. The van der Waals surface area contributed by atoms with Crippen LogP contribution in [0.2, 0.25) is 0 Å². The summed E-state index contributed by atoms with van der Waals surface area (Å²) in [5.41, 5.74) is 1.97. The third-order valence-electron chi connectivity index (χ3n) is 2.81. The zero-order valence-electron chi connectivity index (χ0n) is 12.2. The van der Waals surface area contributed by atoms with Crippen molar-refractivity contribution in [3.8, 4) is 0 Å². The first-order valence-corrected chi connectivity index (χ1v) is 8.19. The second-order valence-corrected chi connectivity index (χ2v) is 6.22. The van der Waals surface area contributed by atoms with Crippen molar-refractivity contribution in [1.82, 2.24) is 5.32 Å². The zero-order valence-corrected chi connectivity index (χ0v) is 15.2. The average molecular weight is 439 g/mol. The first kappa shape index (κ1) is 17.4. The number of carbonyl (C=O) groups is 2. The highest BCUT2D eigenvalue weighted by molar-refractivity contribution is 14.1. The van der Waals surface area contributed by atoms with Gasteiger partial charge in [0.25, 0.3) is 5.91 Å². The van der Waals surface area contributed by atoms with Gasteiger partial charge in [0.1, 0.15) is 0 Å². The molecule has 0 atom stereocenters. The summed E-state index contributed by atoms with van der Waals surface area (Å²) in [5, 5.41) is 8.45. The van der Waals surface area contributed by atoms with E-state index in [1.807, 2.05) is 12.1 Å². The fraction of sp³-hybridized carbons (Fsp3) is 0.0625. The van der Waals surface area contributed by atoms with Crippen LogP contribution < -0.4 is 16.0 Å². The number of carbonyl (C=O) groups excluding carboxylic acids is 2. The van der Waals surface area contributed by atoms with E-state index in [-0.39, 0.29) is 16.9 Å². The lowest BCUT2D eigenvalue weighted by Gasteiger charge is -2.11. The van der Waals surface area contributed by atoms with Gasteiger partial charge in [0.05, 0.1) is 5.56 Å². The summed E-state index contributed by atoms with van der Waals surface area (Å²) < 4.78 is 0.852. The minimum Gasteiger partial charge on any atom is -0.332 e. The molecule has 0 aromatic heterocycles. The van der Waals surface area contributed by atoms with Crippen LogP contribution in [-0.2, 0) is 4.79 Å². The van der Waals surface area contributed by atoms with E-state index < -0.39 is 0 Å². The molecule has 2 rings (SSSR count). The van der Waals surface area contributed by atoms with Crippen LogP contribution >= 0.6 is 34.8 Å². The maximum Gasteiger partial charge on any atom is 0.258 e. The van der Waals surface area contributed by atoms with Crippen LogP contribution in [0.1, 0.15) is 17.3 Å². The maximum absolute atomic E-state index is 12.2. The van der Waals surface area contributed by atoms with Crippen molar-refractivity contribution in [3.63, 3.8) is 0 Å². The van der Waals surface area contributed by atoms with E-state index >= 15 is 0 Å². The van der Waals surface area contributed by atoms with Gasteiger partial charge < -0.3 is 10.6 Å². The lowest BCUT2D eigenvalue weighted by Crippen LogP contribution is -2.34. The minimum atomic E-state index is -0.262. The predicted octanol–water partition coefficient (Wildman–Crippen LogP) is 3.38. The van der Waals surface area contributed by atoms with Gasteiger partial charge >= 0.3 is 0 Å². The number of rotatable bonds is 3. The Kier molecular flexibility index (Phi) is 6.05. The van der Waals surface area contributed by atoms with Crippen LogP contribution in [0.4, 0.5) is 11.4 Å². The van der Waals surface area contributed by atoms with Gasteiger partial charge in [-0.15, -0.1) is 0 Å². The molecular formula is C16H14IN3O2S. The van der Waals surface area contributed by atoms with Crippen LogP contribution in [0.25, 0.3) is 0 Å². The number of thiocarbonyl (C=S) groups is 1. The van der Waals surface area contributed by atoms with Crippen molar-refractivity contribution < 1.29 is 9.59 Å². The third kappa shape index (κ3) is 5.29. The van der Waals surface area contributed by atoms with E-state index in [1.165, 1.54) is 6.92 Å². The van der Waals surface area contributed by atoms with E-state index in [1.54, 1.807) is 36.4 Å². The van der Waals surface area contributed by atoms with E-state index in [2.05, 4.69) is 38.5 Å². The molecule has 0 aliphatic carbocycles. The summed E-state index contributed by atoms with van der Waals surface area (Å²) in [6, 6.07) is 14.3. The monoisotopic (exact) mass is 439 g/mol. The van der Waals surface area contributed by atoms with Crippen molar-refractivity contribution in [1.29, 1.82) is 0 Å². The van der Waals surface area contributed by atoms with Gasteiger partial charge in [0.15, 0.2) is 5.11 Å². The Morgan fingerprint density at radius 3 is 2.09 bits per heavy atom. The summed E-state index contributed by atoms with van der Waals surface area (Å²) in [4.78, 5) is 23.1. The van der Waals surface area contributed by atoms with Crippen molar-refractivity contribution in [3.05, 3.63) is 57.7 Å². The Balaban J connectivity index is 1.95. The Hall–Kier alpha value is -2.00. The molecule has 0 bridgehead atoms. The number of hydrogen-bond acceptors (Lipinski definition) is 3. The third-order valence-corrected chi connectivity index (χ3v) is 3.95. The molecule has 5 nitrogen and oxygen atoms in total. The molecule has 3 N–H and O–H groups in total. The second-order valence-electron chi connectivity index (χ2n) is 4.65. The molecule has 0 fully saturated rings. The summed E-state index contributed by atoms with van der Waals surface area (Å²) in [5.74, 6) is -0.395. The highest BCUT2D eigenvalue weighted by Crippen LogP contribution is 2.14. The van der Waals surface area contributed by atoms with Crippen molar-refractivity contribution in [2.45, 2.75) is 6.92 Å². The Labute approximate surface area is 153 Å². The number of halogens is 1. The molecule has 0 saturated carbocycles. The van der Waals surface area contributed by atoms with Crippen LogP contribution in [0.3, 0.4) is 0 Å². The molecule has 0 unspecified atom stereocenters. The fourth-order valence-electron chi connectivity index (χ4n) is 1.82. The molecule has 0 radical (unpaired) electrons. The largest absolute Gasteiger partial charge is 0.332 e. The molecule has 2 amide bonds. The van der Waals surface area contributed by atoms with E-state index in [0.717, 1.165) is 3.57 Å². The van der Waals surface area contributed by atoms with Gasteiger partial charge in [-0.1, -0.05) is 12.1 Å². The molecule has 23 heavy (non-hydrogen) atoms. The van der Waals surface area contributed by atoms with Crippen molar-refractivity contribution in [2.24, 2.45) is 0 Å². The first-order valence-electron chi connectivity index (χ1n) is 6.70. The van der Waals surface area contributed by atoms with Gasteiger partial charge in [-0.25, -0.2) is 0 Å². The molecule has 0 aliphatic rings. The standard InChI is InChI=1S/C16H14IN3O2S/c1-10(21)18-11-6-8-12(9-7-11)19-16(23)20-15(22)13-4-2-3-5-14(13)17/h2-9H,1H3,(H,18,21)(H2,19,20,22,23). The maximum atomic E-state index is 12.2. The summed E-state index contributed by atoms with van der Waals surface area (Å²) in [6.45, 7) is 1.45. The normalized spacial score (nSPS) is 9.83. The topological polar surface area (TPSA) is 70.2 Å². The molecule has 0 aliphatic heterocycles. The second kappa shape index (κ2) is 8.02. The number of anilines is 2. The highest BCUT2D eigenvalue weighted by atomic mass is 127. The van der Waals surface area contributed by atoms with Gasteiger partial charge in [-0.05, 0) is 71.2 Å². The zero-order chi connectivity index (χ0) is 16.8. The molecule has 0 heterocycles. The molecule has 7 heteroatoms. The molecular weight excluding hydrogens is 425 g/mol. The summed E-state index contributed by atoms with van der Waals surface area (Å²) in [7, 11) is 0. The van der Waals surface area contributed by atoms with Crippen molar-refractivity contribution >= 4 is 63.1 Å². The Bertz CT molecular complexity index is 747. The fourth-order valence-corrected chi connectivity index (χ4v) is 2.66. The number of nitrogens with one attached hydrogen (secondary N) is 3. The van der Waals surface area contributed by atoms with Gasteiger partial charge in [0.2, 0.25) is 5.91 Å². The lowest BCUT2D eigenvalue weighted by atomic mass is 10.2. The minimum absolute atomic E-state index is 0.133. The Morgan fingerprint density at radius 1 is 0.957 bits per heavy atom. The molecule has 2 aromatic carbocycles. The quantitative estimate of drug-likeness (QED) is 0.507. The number of benzene rings is 2. The Morgan fingerprint density at radius 2 is 1.52 bits per heavy atom. The average Bonchev–Trinajstić information content (AvgIpc) is 2.49. The summed E-state index contributed by atoms with van der Waals surface area (Å²) in [6.07, 6.45) is 0. The van der Waals surface area contributed by atoms with Gasteiger partial charge in [0, 0.05) is 21.9 Å². The van der Waals surface area contributed by atoms with Gasteiger partial charge in [-0.3, -0.25) is 14.9 Å². The van der Waals surface area contributed by atoms with Crippen LogP contribution in [0, 0.1) is 3.57 Å². The molecule has 118 valence electrons. The first-order chi connectivity index (χ1) is 11.0. The SMILES string of the molecule is CC(=O)Nc1ccc(NC(=S)NC(=O)c2ccccc2I)cc1. The molecule has 0 saturated heterocycles. The van der Waals surface area contributed by atoms with Gasteiger partial charge in [-0.2, -0.15) is 0 Å².